The maximum atomic E-state index is 11.9. The number of hydrogen-bond donors (Lipinski definition) is 3. The fourth-order valence-electron chi connectivity index (χ4n) is 2.77. The van der Waals surface area contributed by atoms with Crippen LogP contribution in [0.15, 0.2) is 0 Å². The van der Waals surface area contributed by atoms with Gasteiger partial charge in [-0.25, -0.2) is 13.1 Å². The smallest absolute Gasteiger partial charge is 0.237 e. The number of piperidine rings is 1. The summed E-state index contributed by atoms with van der Waals surface area (Å²) >= 11 is 0. The van der Waals surface area contributed by atoms with Gasteiger partial charge in [0.2, 0.25) is 15.9 Å². The van der Waals surface area contributed by atoms with Gasteiger partial charge in [0, 0.05) is 19.7 Å². The minimum Gasteiger partial charge on any atom is -0.377 e. The maximum Gasteiger partial charge on any atom is 0.237 e. The molecule has 128 valence electrons. The zero-order chi connectivity index (χ0) is 15.8. The molecule has 0 aromatic rings. The standard InChI is InChI=1S/C14H27N3O4S/c18-14(13-6-1-3-7-15-13)16-8-10-22(19,20)17-11-12-5-2-4-9-21-12/h12-13,15,17H,1-11H2,(H,16,18). The minimum absolute atomic E-state index is 0.0236. The number of rotatable bonds is 7. The number of carbonyl (C=O) groups excluding carboxylic acids is 1. The molecule has 1 amide bonds. The minimum atomic E-state index is -3.37. The molecule has 0 saturated carbocycles. The second kappa shape index (κ2) is 8.81. The van der Waals surface area contributed by atoms with E-state index in [1.54, 1.807) is 0 Å². The van der Waals surface area contributed by atoms with E-state index in [-0.39, 0.29) is 30.4 Å². The Morgan fingerprint density at radius 3 is 2.68 bits per heavy atom. The van der Waals surface area contributed by atoms with Crippen LogP contribution in [0, 0.1) is 0 Å². The first-order valence-electron chi connectivity index (χ1n) is 8.17. The van der Waals surface area contributed by atoms with Gasteiger partial charge in [0.25, 0.3) is 0 Å². The third-order valence-electron chi connectivity index (χ3n) is 4.10. The summed E-state index contributed by atoms with van der Waals surface area (Å²) in [6.45, 7) is 2.01. The van der Waals surface area contributed by atoms with E-state index in [1.807, 2.05) is 0 Å². The normalized spacial score (nSPS) is 26.5. The highest BCUT2D eigenvalue weighted by molar-refractivity contribution is 7.89. The van der Waals surface area contributed by atoms with E-state index in [9.17, 15) is 13.2 Å². The Labute approximate surface area is 132 Å². The molecule has 2 atom stereocenters. The van der Waals surface area contributed by atoms with Gasteiger partial charge >= 0.3 is 0 Å². The summed E-state index contributed by atoms with van der Waals surface area (Å²) in [7, 11) is -3.37. The average molecular weight is 333 g/mol. The summed E-state index contributed by atoms with van der Waals surface area (Å²) < 4.78 is 31.8. The molecular weight excluding hydrogens is 306 g/mol. The number of carbonyl (C=O) groups is 1. The van der Waals surface area contributed by atoms with Crippen LogP contribution < -0.4 is 15.4 Å². The Morgan fingerprint density at radius 2 is 2.00 bits per heavy atom. The van der Waals surface area contributed by atoms with Crippen molar-refractivity contribution in [1.82, 2.24) is 15.4 Å². The maximum absolute atomic E-state index is 11.9. The fourth-order valence-corrected chi connectivity index (χ4v) is 3.72. The third-order valence-corrected chi connectivity index (χ3v) is 5.45. The molecule has 2 heterocycles. The van der Waals surface area contributed by atoms with Gasteiger partial charge in [-0.15, -0.1) is 0 Å². The zero-order valence-corrected chi connectivity index (χ0v) is 13.8. The van der Waals surface area contributed by atoms with Crippen LogP contribution in [0.2, 0.25) is 0 Å². The van der Waals surface area contributed by atoms with Gasteiger partial charge in [-0.2, -0.15) is 0 Å². The second-order valence-electron chi connectivity index (χ2n) is 5.95. The van der Waals surface area contributed by atoms with Crippen molar-refractivity contribution in [3.8, 4) is 0 Å². The molecule has 8 heteroatoms. The molecule has 2 rings (SSSR count). The largest absolute Gasteiger partial charge is 0.377 e. The molecule has 7 nitrogen and oxygen atoms in total. The van der Waals surface area contributed by atoms with E-state index >= 15 is 0 Å². The lowest BCUT2D eigenvalue weighted by Crippen LogP contribution is -2.48. The van der Waals surface area contributed by atoms with Crippen molar-refractivity contribution in [3.63, 3.8) is 0 Å². The molecule has 2 aliphatic rings. The highest BCUT2D eigenvalue weighted by atomic mass is 32.2. The summed E-state index contributed by atoms with van der Waals surface area (Å²) in [6.07, 6.45) is 5.94. The van der Waals surface area contributed by atoms with Crippen LogP contribution in [0.25, 0.3) is 0 Å². The molecule has 0 radical (unpaired) electrons. The van der Waals surface area contributed by atoms with Crippen LogP contribution in [-0.2, 0) is 19.6 Å². The summed E-state index contributed by atoms with van der Waals surface area (Å²) in [5.41, 5.74) is 0. The van der Waals surface area contributed by atoms with Gasteiger partial charge in [0.15, 0.2) is 0 Å². The van der Waals surface area contributed by atoms with E-state index in [2.05, 4.69) is 15.4 Å². The topological polar surface area (TPSA) is 96.5 Å². The van der Waals surface area contributed by atoms with E-state index in [0.29, 0.717) is 13.2 Å². The van der Waals surface area contributed by atoms with Crippen molar-refractivity contribution in [2.75, 3.05) is 32.0 Å². The van der Waals surface area contributed by atoms with E-state index < -0.39 is 10.0 Å². The van der Waals surface area contributed by atoms with Crippen LogP contribution in [0.5, 0.6) is 0 Å². The van der Waals surface area contributed by atoms with E-state index in [1.165, 1.54) is 0 Å². The predicted octanol–water partition coefficient (Wildman–Crippen LogP) is -0.267. The van der Waals surface area contributed by atoms with Crippen LogP contribution in [-0.4, -0.2) is 58.5 Å². The van der Waals surface area contributed by atoms with Gasteiger partial charge in [0.05, 0.1) is 17.9 Å². The first-order chi connectivity index (χ1) is 10.6. The van der Waals surface area contributed by atoms with Crippen LogP contribution in [0.3, 0.4) is 0 Å². The van der Waals surface area contributed by atoms with Crippen molar-refractivity contribution >= 4 is 15.9 Å². The number of ether oxygens (including phenoxy) is 1. The van der Waals surface area contributed by atoms with Gasteiger partial charge in [0.1, 0.15) is 0 Å². The number of nitrogens with one attached hydrogen (secondary N) is 3. The van der Waals surface area contributed by atoms with Gasteiger partial charge < -0.3 is 15.4 Å². The lowest BCUT2D eigenvalue weighted by Gasteiger charge is -2.23. The summed E-state index contributed by atoms with van der Waals surface area (Å²) in [5, 5.41) is 5.84. The van der Waals surface area contributed by atoms with Crippen LogP contribution in [0.4, 0.5) is 0 Å². The lowest BCUT2D eigenvalue weighted by molar-refractivity contribution is -0.123. The van der Waals surface area contributed by atoms with Crippen molar-refractivity contribution < 1.29 is 17.9 Å². The van der Waals surface area contributed by atoms with Crippen molar-refractivity contribution in [2.45, 2.75) is 50.7 Å². The highest BCUT2D eigenvalue weighted by Gasteiger charge is 2.21. The lowest BCUT2D eigenvalue weighted by atomic mass is 10.0. The van der Waals surface area contributed by atoms with E-state index in [0.717, 1.165) is 45.1 Å². The summed E-state index contributed by atoms with van der Waals surface area (Å²) in [6, 6.07) is -0.181. The molecule has 2 unspecified atom stereocenters. The Hall–Kier alpha value is -0.700. The van der Waals surface area contributed by atoms with Gasteiger partial charge in [-0.1, -0.05) is 6.42 Å². The van der Waals surface area contributed by atoms with E-state index in [4.69, 9.17) is 4.74 Å². The highest BCUT2D eigenvalue weighted by Crippen LogP contribution is 2.11. The SMILES string of the molecule is O=C(NCCS(=O)(=O)NCC1CCCCO1)C1CCCCN1. The second-order valence-corrected chi connectivity index (χ2v) is 7.88. The first-order valence-corrected chi connectivity index (χ1v) is 9.82. The third kappa shape index (κ3) is 6.20. The molecule has 22 heavy (non-hydrogen) atoms. The van der Waals surface area contributed by atoms with Crippen LogP contribution >= 0.6 is 0 Å². The van der Waals surface area contributed by atoms with Crippen molar-refractivity contribution in [1.29, 1.82) is 0 Å². The van der Waals surface area contributed by atoms with Gasteiger partial charge in [-0.05, 0) is 38.6 Å². The monoisotopic (exact) mass is 333 g/mol. The average Bonchev–Trinajstić information content (AvgIpc) is 2.55. The molecule has 3 N–H and O–H groups in total. The van der Waals surface area contributed by atoms with Crippen molar-refractivity contribution in [2.24, 2.45) is 0 Å². The molecule has 0 spiro atoms. The Kier molecular flexibility index (Phi) is 7.07. The Balaban J connectivity index is 1.62. The Bertz CT molecular complexity index is 443. The molecule has 2 fully saturated rings. The fraction of sp³-hybridized carbons (Fsp3) is 0.929. The molecule has 2 aliphatic heterocycles. The number of amides is 1. The summed E-state index contributed by atoms with van der Waals surface area (Å²) in [5.74, 6) is -0.205. The quantitative estimate of drug-likeness (QED) is 0.596. The first kappa shape index (κ1) is 17.7. The van der Waals surface area contributed by atoms with Crippen molar-refractivity contribution in [3.05, 3.63) is 0 Å². The molecule has 2 saturated heterocycles. The molecule has 0 aromatic heterocycles. The Morgan fingerprint density at radius 1 is 1.18 bits per heavy atom. The molecular formula is C14H27N3O4S. The number of sulfonamides is 1. The zero-order valence-electron chi connectivity index (χ0n) is 13.0. The van der Waals surface area contributed by atoms with Crippen LogP contribution in [0.1, 0.15) is 38.5 Å². The number of hydrogen-bond acceptors (Lipinski definition) is 5. The van der Waals surface area contributed by atoms with Gasteiger partial charge in [-0.3, -0.25) is 4.79 Å². The summed E-state index contributed by atoms with van der Waals surface area (Å²) in [4.78, 5) is 11.9. The molecule has 0 aromatic carbocycles. The molecule has 0 bridgehead atoms. The molecule has 0 aliphatic carbocycles. The predicted molar refractivity (Wildman–Crippen MR) is 84.0 cm³/mol.